The monoisotopic (exact) mass is 271 g/mol. The Balaban J connectivity index is 3.23. The first kappa shape index (κ1) is 12.5. The number of hydrogen-bond acceptors (Lipinski definition) is 2. The summed E-state index contributed by atoms with van der Waals surface area (Å²) in [6.45, 7) is 6.22. The van der Waals surface area contributed by atoms with Crippen LogP contribution in [0, 0.1) is 13.8 Å². The molecule has 15 heavy (non-hydrogen) atoms. The molecule has 0 saturated heterocycles. The van der Waals surface area contributed by atoms with Gasteiger partial charge in [0.25, 0.3) is 0 Å². The van der Waals surface area contributed by atoms with Crippen LogP contribution in [-0.4, -0.2) is 13.2 Å². The second-order valence-electron chi connectivity index (χ2n) is 3.99. The van der Waals surface area contributed by atoms with Crippen molar-refractivity contribution in [2.75, 3.05) is 7.11 Å². The van der Waals surface area contributed by atoms with E-state index < -0.39 is 0 Å². The van der Waals surface area contributed by atoms with E-state index in [0.29, 0.717) is 0 Å². The number of methoxy groups -OCH3 is 1. The molecule has 0 radical (unpaired) electrons. The Hall–Kier alpha value is -0.540. The summed E-state index contributed by atoms with van der Waals surface area (Å²) in [5.74, 6) is 0.887. The molecule has 84 valence electrons. The predicted octanol–water partition coefficient (Wildman–Crippen LogP) is 2.96. The average molecular weight is 272 g/mol. The third kappa shape index (κ3) is 2.73. The van der Waals surface area contributed by atoms with Gasteiger partial charge in [0.05, 0.1) is 11.6 Å². The Morgan fingerprint density at radius 3 is 2.53 bits per heavy atom. The molecule has 0 aliphatic heterocycles. The van der Waals surface area contributed by atoms with Crippen LogP contribution in [0.4, 0.5) is 0 Å². The van der Waals surface area contributed by atoms with Crippen molar-refractivity contribution in [3.8, 4) is 5.75 Å². The molecule has 0 amide bonds. The maximum atomic E-state index is 5.84. The predicted molar refractivity (Wildman–Crippen MR) is 67.5 cm³/mol. The minimum atomic E-state index is 0.183. The molecule has 1 aromatic rings. The van der Waals surface area contributed by atoms with E-state index in [1.165, 1.54) is 16.7 Å². The van der Waals surface area contributed by atoms with Crippen LogP contribution < -0.4 is 10.5 Å². The van der Waals surface area contributed by atoms with Gasteiger partial charge in [-0.1, -0.05) is 0 Å². The van der Waals surface area contributed by atoms with Gasteiger partial charge in [0, 0.05) is 6.04 Å². The second kappa shape index (κ2) is 4.99. The summed E-state index contributed by atoms with van der Waals surface area (Å²) < 4.78 is 6.32. The number of hydrogen-bond donors (Lipinski definition) is 1. The molecule has 0 bridgehead atoms. The number of nitrogens with two attached hydrogens (primary N) is 1. The SMILES string of the molecule is COc1cc(C)c(CC(C)N)c(C)c1Br. The van der Waals surface area contributed by atoms with Crippen LogP contribution in [-0.2, 0) is 6.42 Å². The van der Waals surface area contributed by atoms with E-state index in [-0.39, 0.29) is 6.04 Å². The lowest BCUT2D eigenvalue weighted by Gasteiger charge is -2.16. The molecule has 2 nitrogen and oxygen atoms in total. The number of benzene rings is 1. The van der Waals surface area contributed by atoms with E-state index in [0.717, 1.165) is 16.6 Å². The van der Waals surface area contributed by atoms with E-state index in [9.17, 15) is 0 Å². The van der Waals surface area contributed by atoms with E-state index in [1.54, 1.807) is 7.11 Å². The Morgan fingerprint density at radius 1 is 1.47 bits per heavy atom. The topological polar surface area (TPSA) is 35.2 Å². The molecule has 0 spiro atoms. The molecule has 0 saturated carbocycles. The molecule has 0 heterocycles. The van der Waals surface area contributed by atoms with Crippen LogP contribution in [0.1, 0.15) is 23.6 Å². The zero-order valence-corrected chi connectivity index (χ0v) is 11.3. The molecule has 0 aliphatic rings. The van der Waals surface area contributed by atoms with Gasteiger partial charge in [0.1, 0.15) is 5.75 Å². The Morgan fingerprint density at radius 2 is 2.07 bits per heavy atom. The lowest BCUT2D eigenvalue weighted by molar-refractivity contribution is 0.411. The molecule has 3 heteroatoms. The molecular formula is C12H18BrNO. The van der Waals surface area contributed by atoms with Crippen LogP contribution in [0.25, 0.3) is 0 Å². The van der Waals surface area contributed by atoms with Crippen LogP contribution >= 0.6 is 15.9 Å². The summed E-state index contributed by atoms with van der Waals surface area (Å²) in [6.07, 6.45) is 0.903. The fourth-order valence-electron chi connectivity index (χ4n) is 1.74. The smallest absolute Gasteiger partial charge is 0.133 e. The van der Waals surface area contributed by atoms with Gasteiger partial charge in [-0.05, 0) is 65.9 Å². The van der Waals surface area contributed by atoms with Crippen LogP contribution in [0.5, 0.6) is 5.75 Å². The van der Waals surface area contributed by atoms with Crippen molar-refractivity contribution < 1.29 is 4.74 Å². The molecule has 1 rings (SSSR count). The molecule has 2 N–H and O–H groups in total. The zero-order valence-electron chi connectivity index (χ0n) is 9.73. The van der Waals surface area contributed by atoms with Gasteiger partial charge in [-0.2, -0.15) is 0 Å². The van der Waals surface area contributed by atoms with E-state index in [2.05, 4.69) is 35.8 Å². The van der Waals surface area contributed by atoms with Gasteiger partial charge in [-0.25, -0.2) is 0 Å². The Bertz CT molecular complexity index is 361. The first-order chi connectivity index (χ1) is 6.97. The zero-order chi connectivity index (χ0) is 11.6. The lowest BCUT2D eigenvalue weighted by atomic mass is 9.97. The fourth-order valence-corrected chi connectivity index (χ4v) is 2.26. The standard InChI is InChI=1S/C12H18BrNO/c1-7-5-11(15-4)12(13)9(3)10(7)6-8(2)14/h5,8H,6,14H2,1-4H3. The highest BCUT2D eigenvalue weighted by atomic mass is 79.9. The number of rotatable bonds is 3. The van der Waals surface area contributed by atoms with Gasteiger partial charge in [0.2, 0.25) is 0 Å². The fraction of sp³-hybridized carbons (Fsp3) is 0.500. The molecule has 1 aromatic carbocycles. The van der Waals surface area contributed by atoms with Gasteiger partial charge in [0.15, 0.2) is 0 Å². The molecule has 0 aromatic heterocycles. The second-order valence-corrected chi connectivity index (χ2v) is 4.79. The summed E-state index contributed by atoms with van der Waals surface area (Å²) in [7, 11) is 1.68. The van der Waals surface area contributed by atoms with Crippen molar-refractivity contribution in [1.29, 1.82) is 0 Å². The van der Waals surface area contributed by atoms with Gasteiger partial charge in [-0.3, -0.25) is 0 Å². The largest absolute Gasteiger partial charge is 0.496 e. The normalized spacial score (nSPS) is 12.7. The van der Waals surface area contributed by atoms with Crippen molar-refractivity contribution in [2.24, 2.45) is 5.73 Å². The van der Waals surface area contributed by atoms with Crippen LogP contribution in [0.15, 0.2) is 10.5 Å². The Kier molecular flexibility index (Phi) is 4.17. The average Bonchev–Trinajstić information content (AvgIpc) is 2.18. The summed E-state index contributed by atoms with van der Waals surface area (Å²) in [4.78, 5) is 0. The molecule has 0 aliphatic carbocycles. The number of halogens is 1. The third-order valence-corrected chi connectivity index (χ3v) is 3.55. The quantitative estimate of drug-likeness (QED) is 0.918. The number of aryl methyl sites for hydroxylation is 1. The van der Waals surface area contributed by atoms with Crippen molar-refractivity contribution in [3.63, 3.8) is 0 Å². The summed E-state index contributed by atoms with van der Waals surface area (Å²) in [5.41, 5.74) is 9.62. The summed E-state index contributed by atoms with van der Waals surface area (Å²) >= 11 is 3.55. The highest BCUT2D eigenvalue weighted by Gasteiger charge is 2.12. The maximum absolute atomic E-state index is 5.84. The maximum Gasteiger partial charge on any atom is 0.133 e. The summed E-state index contributed by atoms with van der Waals surface area (Å²) in [5, 5.41) is 0. The van der Waals surface area contributed by atoms with Crippen molar-refractivity contribution in [3.05, 3.63) is 27.2 Å². The highest BCUT2D eigenvalue weighted by Crippen LogP contribution is 2.33. The highest BCUT2D eigenvalue weighted by molar-refractivity contribution is 9.10. The first-order valence-electron chi connectivity index (χ1n) is 5.05. The first-order valence-corrected chi connectivity index (χ1v) is 5.84. The molecular weight excluding hydrogens is 254 g/mol. The van der Waals surface area contributed by atoms with Crippen molar-refractivity contribution in [1.82, 2.24) is 0 Å². The third-order valence-electron chi connectivity index (χ3n) is 2.57. The molecule has 1 atom stereocenters. The van der Waals surface area contributed by atoms with E-state index in [4.69, 9.17) is 10.5 Å². The van der Waals surface area contributed by atoms with Gasteiger partial charge in [-0.15, -0.1) is 0 Å². The minimum absolute atomic E-state index is 0.183. The summed E-state index contributed by atoms with van der Waals surface area (Å²) in [6, 6.07) is 2.23. The van der Waals surface area contributed by atoms with E-state index in [1.807, 2.05) is 6.92 Å². The van der Waals surface area contributed by atoms with Crippen molar-refractivity contribution in [2.45, 2.75) is 33.2 Å². The molecule has 1 unspecified atom stereocenters. The minimum Gasteiger partial charge on any atom is -0.496 e. The van der Waals surface area contributed by atoms with Gasteiger partial charge >= 0.3 is 0 Å². The van der Waals surface area contributed by atoms with Crippen LogP contribution in [0.3, 0.4) is 0 Å². The Labute approximate surface area is 99.9 Å². The lowest BCUT2D eigenvalue weighted by Crippen LogP contribution is -2.19. The van der Waals surface area contributed by atoms with Crippen LogP contribution in [0.2, 0.25) is 0 Å². The van der Waals surface area contributed by atoms with Crippen molar-refractivity contribution >= 4 is 15.9 Å². The van der Waals surface area contributed by atoms with E-state index >= 15 is 0 Å². The molecule has 0 fully saturated rings. The van der Waals surface area contributed by atoms with Gasteiger partial charge < -0.3 is 10.5 Å². The number of ether oxygens (including phenoxy) is 1.